The van der Waals surface area contributed by atoms with Crippen molar-refractivity contribution in [1.82, 2.24) is 0 Å². The van der Waals surface area contributed by atoms with Crippen LogP contribution in [0.15, 0.2) is 24.3 Å². The molecule has 0 aliphatic carbocycles. The van der Waals surface area contributed by atoms with Gasteiger partial charge in [0.15, 0.2) is 0 Å². The summed E-state index contributed by atoms with van der Waals surface area (Å²) < 4.78 is 0. The fourth-order valence-electron chi connectivity index (χ4n) is 2.35. The van der Waals surface area contributed by atoms with E-state index in [1.165, 1.54) is 9.80 Å². The molecule has 1 atom stereocenters. The van der Waals surface area contributed by atoms with Gasteiger partial charge in [0, 0.05) is 5.56 Å². The Morgan fingerprint density at radius 3 is 2.29 bits per heavy atom. The Morgan fingerprint density at radius 2 is 1.76 bits per heavy atom. The molecule has 0 aromatic heterocycles. The first-order valence-electron chi connectivity index (χ1n) is 6.05. The minimum atomic E-state index is -0.108. The second kappa shape index (κ2) is 5.17. The number of hydrogen-bond acceptors (Lipinski definition) is 2. The summed E-state index contributed by atoms with van der Waals surface area (Å²) in [6, 6.07) is 9.29. The number of quaternary nitrogens is 2. The van der Waals surface area contributed by atoms with E-state index in [4.69, 9.17) is 0 Å². The van der Waals surface area contributed by atoms with Crippen molar-refractivity contribution in [3.05, 3.63) is 29.8 Å². The molecule has 1 heterocycles. The van der Waals surface area contributed by atoms with Crippen molar-refractivity contribution in [1.29, 1.82) is 5.26 Å². The lowest BCUT2D eigenvalue weighted by atomic mass is 10.1. The predicted molar refractivity (Wildman–Crippen MR) is 63.8 cm³/mol. The van der Waals surface area contributed by atoms with Crippen molar-refractivity contribution < 1.29 is 14.9 Å². The van der Waals surface area contributed by atoms with Crippen molar-refractivity contribution in [2.75, 3.05) is 33.2 Å². The van der Waals surface area contributed by atoms with E-state index < -0.39 is 0 Å². The summed E-state index contributed by atoms with van der Waals surface area (Å²) >= 11 is 0. The van der Waals surface area contributed by atoms with Crippen molar-refractivity contribution in [2.45, 2.75) is 6.04 Å². The van der Waals surface area contributed by atoms with E-state index in [0.717, 1.165) is 31.7 Å². The van der Waals surface area contributed by atoms with E-state index in [-0.39, 0.29) is 11.8 Å². The topological polar surface area (TPSA) is 52.9 Å². The molecule has 0 bridgehead atoms. The number of phenolic OH excluding ortho intramolecular Hbond substituents is 1. The van der Waals surface area contributed by atoms with E-state index in [1.807, 2.05) is 12.1 Å². The number of aromatic hydroxyl groups is 1. The number of phenols is 1. The first-order valence-corrected chi connectivity index (χ1v) is 6.05. The van der Waals surface area contributed by atoms with Gasteiger partial charge in [0.1, 0.15) is 38.0 Å². The van der Waals surface area contributed by atoms with Crippen LogP contribution >= 0.6 is 0 Å². The number of nitrogens with one attached hydrogen (secondary N) is 2. The number of rotatable bonds is 2. The molecule has 17 heavy (non-hydrogen) atoms. The van der Waals surface area contributed by atoms with Gasteiger partial charge in [-0.05, 0) is 24.3 Å². The van der Waals surface area contributed by atoms with Crippen LogP contribution in [0.3, 0.4) is 0 Å². The molecule has 0 amide bonds. The summed E-state index contributed by atoms with van der Waals surface area (Å²) in [4.78, 5) is 2.87. The molecule has 4 heteroatoms. The SMILES string of the molecule is C[NH+]1CC[NH+]([C@H](C#N)c2ccc(O)cc2)CC1. The van der Waals surface area contributed by atoms with Crippen molar-refractivity contribution >= 4 is 0 Å². The van der Waals surface area contributed by atoms with Crippen LogP contribution < -0.4 is 9.80 Å². The molecule has 1 fully saturated rings. The van der Waals surface area contributed by atoms with E-state index in [2.05, 4.69) is 13.1 Å². The highest BCUT2D eigenvalue weighted by molar-refractivity contribution is 5.29. The molecule has 90 valence electrons. The third-order valence-corrected chi connectivity index (χ3v) is 3.51. The van der Waals surface area contributed by atoms with E-state index in [1.54, 1.807) is 12.1 Å². The van der Waals surface area contributed by atoms with Gasteiger partial charge in [-0.15, -0.1) is 0 Å². The van der Waals surface area contributed by atoms with Crippen molar-refractivity contribution in [2.24, 2.45) is 0 Å². The molecule has 1 aromatic rings. The lowest BCUT2D eigenvalue weighted by Gasteiger charge is -2.30. The smallest absolute Gasteiger partial charge is 0.201 e. The maximum atomic E-state index is 9.33. The van der Waals surface area contributed by atoms with Gasteiger partial charge in [0.2, 0.25) is 6.04 Å². The highest BCUT2D eigenvalue weighted by Gasteiger charge is 2.28. The number of piperazine rings is 1. The average Bonchev–Trinajstić information content (AvgIpc) is 2.35. The largest absolute Gasteiger partial charge is 0.508 e. The Labute approximate surface area is 102 Å². The fraction of sp³-hybridized carbons (Fsp3) is 0.462. The summed E-state index contributed by atoms with van der Waals surface area (Å²) in [6.45, 7) is 4.30. The third kappa shape index (κ3) is 2.76. The van der Waals surface area contributed by atoms with E-state index in [0.29, 0.717) is 0 Å². The molecule has 4 nitrogen and oxygen atoms in total. The molecular weight excluding hydrogens is 214 g/mol. The molecular formula is C13H19N3O+2. The number of hydrogen-bond donors (Lipinski definition) is 3. The average molecular weight is 233 g/mol. The minimum absolute atomic E-state index is 0.108. The van der Waals surface area contributed by atoms with Gasteiger partial charge in [0.05, 0.1) is 7.05 Å². The van der Waals surface area contributed by atoms with Crippen LogP contribution in [0.5, 0.6) is 5.75 Å². The molecule has 1 aromatic carbocycles. The van der Waals surface area contributed by atoms with Gasteiger partial charge >= 0.3 is 0 Å². The minimum Gasteiger partial charge on any atom is -0.508 e. The summed E-state index contributed by atoms with van der Waals surface area (Å²) in [5.74, 6) is 0.253. The number of benzene rings is 1. The zero-order valence-electron chi connectivity index (χ0n) is 10.1. The number of nitriles is 1. The first-order chi connectivity index (χ1) is 8.20. The van der Waals surface area contributed by atoms with E-state index in [9.17, 15) is 10.4 Å². The van der Waals surface area contributed by atoms with Crippen LogP contribution in [0.4, 0.5) is 0 Å². The molecule has 2 rings (SSSR count). The maximum absolute atomic E-state index is 9.33. The zero-order valence-corrected chi connectivity index (χ0v) is 10.1. The quantitative estimate of drug-likeness (QED) is 0.574. The Bertz CT molecular complexity index is 402. The lowest BCUT2D eigenvalue weighted by molar-refractivity contribution is -1.02. The van der Waals surface area contributed by atoms with Gasteiger partial charge in [-0.3, -0.25) is 0 Å². The highest BCUT2D eigenvalue weighted by atomic mass is 16.3. The van der Waals surface area contributed by atoms with Gasteiger partial charge in [0.25, 0.3) is 0 Å². The number of likely N-dealkylation sites (N-methyl/N-ethyl adjacent to an activating group) is 1. The van der Waals surface area contributed by atoms with Crippen molar-refractivity contribution in [3.63, 3.8) is 0 Å². The molecule has 0 unspecified atom stereocenters. The monoisotopic (exact) mass is 233 g/mol. The van der Waals surface area contributed by atoms with Crippen LogP contribution in [0.2, 0.25) is 0 Å². The lowest BCUT2D eigenvalue weighted by Crippen LogP contribution is -3.27. The first kappa shape index (κ1) is 11.9. The summed E-state index contributed by atoms with van der Waals surface area (Å²) in [5, 5.41) is 18.6. The van der Waals surface area contributed by atoms with Crippen LogP contribution in [0, 0.1) is 11.3 Å². The van der Waals surface area contributed by atoms with Crippen LogP contribution in [-0.4, -0.2) is 38.3 Å². The Morgan fingerprint density at radius 1 is 1.18 bits per heavy atom. The molecule has 0 saturated carbocycles. The molecule has 3 N–H and O–H groups in total. The molecule has 0 radical (unpaired) electrons. The van der Waals surface area contributed by atoms with Gasteiger partial charge in [-0.2, -0.15) is 5.26 Å². The van der Waals surface area contributed by atoms with Gasteiger partial charge < -0.3 is 14.9 Å². The zero-order chi connectivity index (χ0) is 12.3. The molecule has 1 aliphatic heterocycles. The van der Waals surface area contributed by atoms with Gasteiger partial charge in [-0.1, -0.05) is 0 Å². The van der Waals surface area contributed by atoms with Gasteiger partial charge in [-0.25, -0.2) is 0 Å². The molecule has 0 spiro atoms. The molecule has 1 saturated heterocycles. The highest BCUT2D eigenvalue weighted by Crippen LogP contribution is 2.14. The third-order valence-electron chi connectivity index (χ3n) is 3.51. The summed E-state index contributed by atoms with van der Waals surface area (Å²) in [7, 11) is 2.19. The van der Waals surface area contributed by atoms with Crippen molar-refractivity contribution in [3.8, 4) is 11.8 Å². The van der Waals surface area contributed by atoms with E-state index >= 15 is 0 Å². The fourth-order valence-corrected chi connectivity index (χ4v) is 2.35. The standard InChI is InChI=1S/C13H17N3O/c1-15-6-8-16(9-7-15)13(10-14)11-2-4-12(17)5-3-11/h2-5,13,17H,6-9H2,1H3/p+2/t13-/m1/s1. The van der Waals surface area contributed by atoms with Crippen LogP contribution in [0.25, 0.3) is 0 Å². The van der Waals surface area contributed by atoms with Crippen LogP contribution in [-0.2, 0) is 0 Å². The summed E-state index contributed by atoms with van der Waals surface area (Å²) in [6.07, 6.45) is 0. The van der Waals surface area contributed by atoms with Crippen LogP contribution in [0.1, 0.15) is 11.6 Å². The Hall–Kier alpha value is -1.57. The maximum Gasteiger partial charge on any atom is 0.201 e. The number of nitrogens with zero attached hydrogens (tertiary/aromatic N) is 1. The normalized spacial score (nSPS) is 26.1. The second-order valence-corrected chi connectivity index (χ2v) is 4.77. The molecule has 1 aliphatic rings. The Kier molecular flexibility index (Phi) is 3.62. The predicted octanol–water partition coefficient (Wildman–Crippen LogP) is -1.63. The second-order valence-electron chi connectivity index (χ2n) is 4.77. The summed E-state index contributed by atoms with van der Waals surface area (Å²) in [5.41, 5.74) is 1.000. The Balaban J connectivity index is 2.11.